The van der Waals surface area contributed by atoms with Crippen molar-refractivity contribution in [3.8, 4) is 16.9 Å². The van der Waals surface area contributed by atoms with Crippen LogP contribution in [0.5, 0.6) is 5.75 Å². The van der Waals surface area contributed by atoms with Crippen molar-refractivity contribution >= 4 is 31.9 Å². The summed E-state index contributed by atoms with van der Waals surface area (Å²) in [5.41, 5.74) is 1.79. The summed E-state index contributed by atoms with van der Waals surface area (Å²) in [7, 11) is 1.61. The molecule has 0 amide bonds. The minimum Gasteiger partial charge on any atom is -0.496 e. The van der Waals surface area contributed by atoms with Gasteiger partial charge in [-0.2, -0.15) is 0 Å². The molecule has 1 nitrogen and oxygen atoms in total. The Labute approximate surface area is 116 Å². The Bertz CT molecular complexity index is 555. The van der Waals surface area contributed by atoms with Crippen LogP contribution in [0.3, 0.4) is 0 Å². The van der Waals surface area contributed by atoms with Crippen molar-refractivity contribution < 1.29 is 9.13 Å². The highest BCUT2D eigenvalue weighted by molar-refractivity contribution is 9.11. The van der Waals surface area contributed by atoms with Crippen LogP contribution in [0.4, 0.5) is 4.39 Å². The molecule has 0 bridgehead atoms. The number of ether oxygens (including phenoxy) is 1. The molecule has 0 aromatic heterocycles. The van der Waals surface area contributed by atoms with Gasteiger partial charge < -0.3 is 4.74 Å². The lowest BCUT2D eigenvalue weighted by Gasteiger charge is -2.12. The quantitative estimate of drug-likeness (QED) is 0.730. The number of methoxy groups -OCH3 is 1. The number of hydrogen-bond acceptors (Lipinski definition) is 1. The number of halogens is 3. The van der Waals surface area contributed by atoms with Gasteiger partial charge in [0.15, 0.2) is 0 Å². The predicted molar refractivity (Wildman–Crippen MR) is 73.8 cm³/mol. The zero-order chi connectivity index (χ0) is 12.4. The molecule has 17 heavy (non-hydrogen) atoms. The van der Waals surface area contributed by atoms with Gasteiger partial charge in [0.05, 0.1) is 7.11 Å². The van der Waals surface area contributed by atoms with Gasteiger partial charge in [-0.15, -0.1) is 0 Å². The molecule has 0 aliphatic carbocycles. The minimum absolute atomic E-state index is 0.272. The summed E-state index contributed by atoms with van der Waals surface area (Å²) in [6, 6.07) is 10.3. The lowest BCUT2D eigenvalue weighted by Crippen LogP contribution is -1.90. The zero-order valence-electron chi connectivity index (χ0n) is 9.01. The second-order valence-corrected chi connectivity index (χ2v) is 5.15. The first-order valence-electron chi connectivity index (χ1n) is 4.91. The number of hydrogen-bond donors (Lipinski definition) is 0. The van der Waals surface area contributed by atoms with Crippen molar-refractivity contribution in [1.82, 2.24) is 0 Å². The van der Waals surface area contributed by atoms with Crippen molar-refractivity contribution in [2.45, 2.75) is 0 Å². The van der Waals surface area contributed by atoms with E-state index in [1.165, 1.54) is 12.1 Å². The van der Waals surface area contributed by atoms with Crippen molar-refractivity contribution in [3.05, 3.63) is 51.2 Å². The summed E-state index contributed by atoms with van der Waals surface area (Å²) in [5, 5.41) is 0. The van der Waals surface area contributed by atoms with Gasteiger partial charge in [-0.3, -0.25) is 0 Å². The molecule has 0 N–H and O–H groups in total. The molecule has 2 rings (SSSR count). The van der Waals surface area contributed by atoms with Crippen LogP contribution < -0.4 is 4.74 Å². The summed E-state index contributed by atoms with van der Waals surface area (Å²) in [6.45, 7) is 0. The molecular weight excluding hydrogens is 351 g/mol. The average molecular weight is 360 g/mol. The van der Waals surface area contributed by atoms with Crippen LogP contribution in [0.2, 0.25) is 0 Å². The molecule has 2 aromatic rings. The van der Waals surface area contributed by atoms with Gasteiger partial charge in [0.2, 0.25) is 0 Å². The highest BCUT2D eigenvalue weighted by Gasteiger charge is 2.13. The van der Waals surface area contributed by atoms with Gasteiger partial charge in [0.25, 0.3) is 0 Å². The van der Waals surface area contributed by atoms with E-state index in [9.17, 15) is 4.39 Å². The molecule has 0 fully saturated rings. The van der Waals surface area contributed by atoms with Crippen molar-refractivity contribution in [1.29, 1.82) is 0 Å². The molecule has 2 aromatic carbocycles. The second kappa shape index (κ2) is 5.19. The van der Waals surface area contributed by atoms with Crippen LogP contribution in [-0.2, 0) is 0 Å². The van der Waals surface area contributed by atoms with Crippen LogP contribution in [-0.4, -0.2) is 7.11 Å². The van der Waals surface area contributed by atoms with Gasteiger partial charge in [-0.05, 0) is 24.3 Å². The Kier molecular flexibility index (Phi) is 3.84. The maximum atomic E-state index is 13.1. The molecule has 0 unspecified atom stereocenters. The standard InChI is InChI=1S/C13H9Br2FO/c1-17-12-4-2-3-10(14)13(12)9-6-5-8(16)7-11(9)15/h2-7H,1H3. The van der Waals surface area contributed by atoms with E-state index in [2.05, 4.69) is 31.9 Å². The lowest BCUT2D eigenvalue weighted by molar-refractivity contribution is 0.416. The summed E-state index contributed by atoms with van der Waals surface area (Å²) in [4.78, 5) is 0. The van der Waals surface area contributed by atoms with E-state index in [1.807, 2.05) is 18.2 Å². The summed E-state index contributed by atoms with van der Waals surface area (Å²) in [5.74, 6) is 0.471. The second-order valence-electron chi connectivity index (χ2n) is 3.44. The van der Waals surface area contributed by atoms with Crippen molar-refractivity contribution in [2.75, 3.05) is 7.11 Å². The van der Waals surface area contributed by atoms with Crippen LogP contribution >= 0.6 is 31.9 Å². The largest absolute Gasteiger partial charge is 0.496 e. The average Bonchev–Trinajstić information content (AvgIpc) is 2.30. The third-order valence-corrected chi connectivity index (χ3v) is 3.71. The van der Waals surface area contributed by atoms with E-state index in [1.54, 1.807) is 13.2 Å². The monoisotopic (exact) mass is 358 g/mol. The van der Waals surface area contributed by atoms with E-state index in [-0.39, 0.29) is 5.82 Å². The molecule has 0 aliphatic heterocycles. The SMILES string of the molecule is COc1cccc(Br)c1-c1ccc(F)cc1Br. The molecule has 0 saturated carbocycles. The van der Waals surface area contributed by atoms with Crippen molar-refractivity contribution in [3.63, 3.8) is 0 Å². The van der Waals surface area contributed by atoms with E-state index in [0.717, 1.165) is 21.3 Å². The normalized spacial score (nSPS) is 10.4. The maximum Gasteiger partial charge on any atom is 0.127 e. The summed E-state index contributed by atoms with van der Waals surface area (Å²) < 4.78 is 20.0. The molecule has 0 radical (unpaired) electrons. The van der Waals surface area contributed by atoms with Gasteiger partial charge >= 0.3 is 0 Å². The zero-order valence-corrected chi connectivity index (χ0v) is 12.2. The molecule has 0 spiro atoms. The number of benzene rings is 2. The predicted octanol–water partition coefficient (Wildman–Crippen LogP) is 5.03. The Morgan fingerprint density at radius 2 is 1.82 bits per heavy atom. The van der Waals surface area contributed by atoms with Crippen LogP contribution in [0.25, 0.3) is 11.1 Å². The first-order chi connectivity index (χ1) is 8.13. The van der Waals surface area contributed by atoms with E-state index in [0.29, 0.717) is 4.47 Å². The van der Waals surface area contributed by atoms with Gasteiger partial charge in [-0.1, -0.05) is 44.0 Å². The molecule has 0 aliphatic rings. The van der Waals surface area contributed by atoms with E-state index in [4.69, 9.17) is 4.74 Å². The fraction of sp³-hybridized carbons (Fsp3) is 0.0769. The number of rotatable bonds is 2. The van der Waals surface area contributed by atoms with Gasteiger partial charge in [0.1, 0.15) is 11.6 Å². The van der Waals surface area contributed by atoms with Crippen LogP contribution in [0.1, 0.15) is 0 Å². The molecule has 0 atom stereocenters. The Morgan fingerprint density at radius 3 is 2.47 bits per heavy atom. The summed E-state index contributed by atoms with van der Waals surface area (Å²) in [6.07, 6.45) is 0. The highest BCUT2D eigenvalue weighted by Crippen LogP contribution is 2.40. The lowest BCUT2D eigenvalue weighted by atomic mass is 10.0. The first-order valence-corrected chi connectivity index (χ1v) is 6.50. The third kappa shape index (κ3) is 2.53. The first kappa shape index (κ1) is 12.6. The van der Waals surface area contributed by atoms with Gasteiger partial charge in [-0.25, -0.2) is 4.39 Å². The minimum atomic E-state index is -0.272. The fourth-order valence-corrected chi connectivity index (χ4v) is 2.74. The fourth-order valence-electron chi connectivity index (χ4n) is 1.63. The van der Waals surface area contributed by atoms with Crippen LogP contribution in [0, 0.1) is 5.82 Å². The topological polar surface area (TPSA) is 9.23 Å². The highest BCUT2D eigenvalue weighted by atomic mass is 79.9. The summed E-state index contributed by atoms with van der Waals surface area (Å²) >= 11 is 6.85. The van der Waals surface area contributed by atoms with E-state index >= 15 is 0 Å². The van der Waals surface area contributed by atoms with Crippen molar-refractivity contribution in [2.24, 2.45) is 0 Å². The smallest absolute Gasteiger partial charge is 0.127 e. The van der Waals surface area contributed by atoms with Gasteiger partial charge in [0, 0.05) is 20.1 Å². The Morgan fingerprint density at radius 1 is 1.06 bits per heavy atom. The molecule has 4 heteroatoms. The maximum absolute atomic E-state index is 13.1. The molecular formula is C13H9Br2FO. The molecule has 0 saturated heterocycles. The Hall–Kier alpha value is -0.870. The van der Waals surface area contributed by atoms with Crippen LogP contribution in [0.15, 0.2) is 45.3 Å². The molecule has 88 valence electrons. The third-order valence-electron chi connectivity index (χ3n) is 2.40. The Balaban J connectivity index is 2.67. The van der Waals surface area contributed by atoms with E-state index < -0.39 is 0 Å². The molecule has 0 heterocycles.